The molecule has 0 saturated heterocycles. The van der Waals surface area contributed by atoms with Crippen molar-refractivity contribution in [2.24, 2.45) is 22.8 Å². The van der Waals surface area contributed by atoms with E-state index in [1.54, 1.807) is 0 Å². The summed E-state index contributed by atoms with van der Waals surface area (Å²) in [6, 6.07) is 0. The highest BCUT2D eigenvalue weighted by molar-refractivity contribution is 7.80. The lowest BCUT2D eigenvalue weighted by atomic mass is 9.61. The second kappa shape index (κ2) is 6.32. The van der Waals surface area contributed by atoms with Gasteiger partial charge < -0.3 is 16.4 Å². The lowest BCUT2D eigenvalue weighted by Gasteiger charge is -2.46. The molecule has 6 heteroatoms. The first-order valence-electron chi connectivity index (χ1n) is 6.71. The molecule has 0 atom stereocenters. The van der Waals surface area contributed by atoms with Gasteiger partial charge >= 0.3 is 0 Å². The van der Waals surface area contributed by atoms with E-state index in [0.717, 1.165) is 12.8 Å². The number of unbranched alkanes of at least 4 members (excludes halogenated alkanes) is 1. The van der Waals surface area contributed by atoms with E-state index in [1.807, 2.05) is 6.92 Å². The number of carbonyl (C=O) groups excluding carboxylic acids is 2. The Bertz CT molecular complexity index is 378. The monoisotopic (exact) mass is 285 g/mol. The third kappa shape index (κ3) is 3.43. The SMILES string of the molecule is CCCCN(CC(N)=O)C(=O)C1(C(N)=S)CC(C)C1. The predicted octanol–water partition coefficient (Wildman–Crippen LogP) is 0.803. The zero-order valence-electron chi connectivity index (χ0n) is 11.6. The van der Waals surface area contributed by atoms with Crippen molar-refractivity contribution in [1.82, 2.24) is 4.90 Å². The maximum atomic E-state index is 12.6. The number of nitrogens with zero attached hydrogens (tertiary/aromatic N) is 1. The molecule has 5 nitrogen and oxygen atoms in total. The molecule has 1 aliphatic rings. The molecule has 19 heavy (non-hydrogen) atoms. The average Bonchev–Trinajstić information content (AvgIpc) is 2.28. The van der Waals surface area contributed by atoms with Crippen LogP contribution in [0, 0.1) is 11.3 Å². The average molecular weight is 285 g/mol. The molecule has 1 aliphatic carbocycles. The minimum Gasteiger partial charge on any atom is -0.392 e. The second-order valence-electron chi connectivity index (χ2n) is 5.51. The van der Waals surface area contributed by atoms with E-state index in [4.69, 9.17) is 23.7 Å². The Balaban J connectivity index is 2.84. The summed E-state index contributed by atoms with van der Waals surface area (Å²) in [5.41, 5.74) is 10.2. The highest BCUT2D eigenvalue weighted by atomic mass is 32.1. The van der Waals surface area contributed by atoms with E-state index < -0.39 is 11.3 Å². The normalized spacial score (nSPS) is 25.5. The summed E-state index contributed by atoms with van der Waals surface area (Å²) in [7, 11) is 0. The molecule has 108 valence electrons. The molecule has 0 heterocycles. The molecule has 0 aromatic heterocycles. The topological polar surface area (TPSA) is 89.4 Å². The van der Waals surface area contributed by atoms with Gasteiger partial charge in [-0.25, -0.2) is 0 Å². The number of primary amides is 1. The zero-order chi connectivity index (χ0) is 14.6. The van der Waals surface area contributed by atoms with Gasteiger partial charge in [0, 0.05) is 6.54 Å². The molecule has 0 radical (unpaired) electrons. The first-order valence-corrected chi connectivity index (χ1v) is 7.12. The third-order valence-corrected chi connectivity index (χ3v) is 4.08. The Labute approximate surface area is 119 Å². The lowest BCUT2D eigenvalue weighted by Crippen LogP contribution is -2.58. The number of nitrogens with two attached hydrogens (primary N) is 2. The zero-order valence-corrected chi connectivity index (χ0v) is 12.5. The van der Waals surface area contributed by atoms with Gasteiger partial charge in [0.25, 0.3) is 0 Å². The quantitative estimate of drug-likeness (QED) is 0.677. The smallest absolute Gasteiger partial charge is 0.237 e. The minimum absolute atomic E-state index is 0.0580. The van der Waals surface area contributed by atoms with Crippen LogP contribution >= 0.6 is 12.2 Å². The molecule has 0 aliphatic heterocycles. The molecular weight excluding hydrogens is 262 g/mol. The molecule has 4 N–H and O–H groups in total. The standard InChI is InChI=1S/C13H23N3O2S/c1-3-4-5-16(8-10(14)17)12(18)13(11(15)19)6-9(2)7-13/h9H,3-8H2,1-2H3,(H2,14,17)(H2,15,19). The van der Waals surface area contributed by atoms with Gasteiger partial charge in [-0.05, 0) is 25.2 Å². The Morgan fingerprint density at radius 1 is 1.37 bits per heavy atom. The van der Waals surface area contributed by atoms with Crippen molar-refractivity contribution in [3.8, 4) is 0 Å². The number of hydrogen-bond donors (Lipinski definition) is 2. The van der Waals surface area contributed by atoms with Gasteiger partial charge in [0.05, 0.1) is 16.9 Å². The van der Waals surface area contributed by atoms with Crippen LogP contribution in [0.15, 0.2) is 0 Å². The van der Waals surface area contributed by atoms with Crippen molar-refractivity contribution in [3.63, 3.8) is 0 Å². The van der Waals surface area contributed by atoms with Gasteiger partial charge in [-0.1, -0.05) is 32.5 Å². The van der Waals surface area contributed by atoms with Crippen LogP contribution in [0.4, 0.5) is 0 Å². The molecule has 0 spiro atoms. The highest BCUT2D eigenvalue weighted by Crippen LogP contribution is 2.47. The highest BCUT2D eigenvalue weighted by Gasteiger charge is 2.52. The van der Waals surface area contributed by atoms with Crippen LogP contribution in [0.25, 0.3) is 0 Å². The van der Waals surface area contributed by atoms with Crippen LogP contribution in [-0.2, 0) is 9.59 Å². The van der Waals surface area contributed by atoms with Gasteiger partial charge in [-0.15, -0.1) is 0 Å². The third-order valence-electron chi connectivity index (χ3n) is 3.69. The Hall–Kier alpha value is -1.17. The summed E-state index contributed by atoms with van der Waals surface area (Å²) in [6.07, 6.45) is 3.12. The molecule has 2 amide bonds. The predicted molar refractivity (Wildman–Crippen MR) is 78.3 cm³/mol. The first kappa shape index (κ1) is 15.9. The molecule has 1 fully saturated rings. The van der Waals surface area contributed by atoms with Crippen molar-refractivity contribution in [2.75, 3.05) is 13.1 Å². The van der Waals surface area contributed by atoms with Crippen LogP contribution in [0.3, 0.4) is 0 Å². The van der Waals surface area contributed by atoms with Crippen molar-refractivity contribution in [2.45, 2.75) is 39.5 Å². The number of carbonyl (C=O) groups is 2. The summed E-state index contributed by atoms with van der Waals surface area (Å²) in [5.74, 6) is -0.202. The Morgan fingerprint density at radius 3 is 2.32 bits per heavy atom. The van der Waals surface area contributed by atoms with Gasteiger partial charge in [-0.3, -0.25) is 9.59 Å². The molecular formula is C13H23N3O2S. The van der Waals surface area contributed by atoms with E-state index in [2.05, 4.69) is 6.92 Å². The fourth-order valence-electron chi connectivity index (χ4n) is 2.70. The van der Waals surface area contributed by atoms with Gasteiger partial charge in [-0.2, -0.15) is 0 Å². The van der Waals surface area contributed by atoms with E-state index in [0.29, 0.717) is 25.3 Å². The summed E-state index contributed by atoms with van der Waals surface area (Å²) >= 11 is 5.07. The number of rotatable bonds is 7. The summed E-state index contributed by atoms with van der Waals surface area (Å²) in [6.45, 7) is 4.56. The van der Waals surface area contributed by atoms with Gasteiger partial charge in [0.1, 0.15) is 0 Å². The number of hydrogen-bond acceptors (Lipinski definition) is 3. The Kier molecular flexibility index (Phi) is 5.29. The number of amides is 2. The van der Waals surface area contributed by atoms with Gasteiger partial charge in [0.15, 0.2) is 0 Å². The van der Waals surface area contributed by atoms with Crippen molar-refractivity contribution in [1.29, 1.82) is 0 Å². The molecule has 0 aromatic rings. The van der Waals surface area contributed by atoms with Gasteiger partial charge in [0.2, 0.25) is 11.8 Å². The van der Waals surface area contributed by atoms with Crippen LogP contribution in [0.1, 0.15) is 39.5 Å². The largest absolute Gasteiger partial charge is 0.392 e. The lowest BCUT2D eigenvalue weighted by molar-refractivity contribution is -0.146. The molecule has 0 aromatic carbocycles. The van der Waals surface area contributed by atoms with Crippen molar-refractivity contribution in [3.05, 3.63) is 0 Å². The van der Waals surface area contributed by atoms with Crippen LogP contribution in [0.2, 0.25) is 0 Å². The van der Waals surface area contributed by atoms with Crippen LogP contribution in [-0.4, -0.2) is 34.8 Å². The van der Waals surface area contributed by atoms with E-state index in [-0.39, 0.29) is 17.4 Å². The molecule has 0 unspecified atom stereocenters. The molecule has 1 rings (SSSR count). The van der Waals surface area contributed by atoms with Crippen LogP contribution in [0.5, 0.6) is 0 Å². The van der Waals surface area contributed by atoms with Crippen LogP contribution < -0.4 is 11.5 Å². The maximum absolute atomic E-state index is 12.6. The summed E-state index contributed by atoms with van der Waals surface area (Å²) < 4.78 is 0. The van der Waals surface area contributed by atoms with Crippen molar-refractivity contribution < 1.29 is 9.59 Å². The van der Waals surface area contributed by atoms with E-state index >= 15 is 0 Å². The van der Waals surface area contributed by atoms with E-state index in [1.165, 1.54) is 4.90 Å². The van der Waals surface area contributed by atoms with E-state index in [9.17, 15) is 9.59 Å². The molecule has 1 saturated carbocycles. The first-order chi connectivity index (χ1) is 8.83. The number of thiocarbonyl (C=S) groups is 1. The fourth-order valence-corrected chi connectivity index (χ4v) is 2.96. The Morgan fingerprint density at radius 2 is 1.95 bits per heavy atom. The fraction of sp³-hybridized carbons (Fsp3) is 0.769. The maximum Gasteiger partial charge on any atom is 0.237 e. The summed E-state index contributed by atoms with van der Waals surface area (Å²) in [4.78, 5) is 25.5. The minimum atomic E-state index is -0.752. The summed E-state index contributed by atoms with van der Waals surface area (Å²) in [5, 5.41) is 0. The second-order valence-corrected chi connectivity index (χ2v) is 5.95. The molecule has 0 bridgehead atoms. The van der Waals surface area contributed by atoms with Crippen molar-refractivity contribution >= 4 is 29.0 Å².